The van der Waals surface area contributed by atoms with Crippen molar-refractivity contribution < 1.29 is 14.3 Å². The van der Waals surface area contributed by atoms with Crippen LogP contribution in [0.4, 0.5) is 9.59 Å². The Hall–Kier alpha value is -2.60. The lowest BCUT2D eigenvalue weighted by atomic mass is 10.1. The van der Waals surface area contributed by atoms with E-state index < -0.39 is 23.4 Å². The standard InChI is InChI=1S/C17H21N3O3/c1-16(2,3)23-15(22)20-12-11-17(18,19-14(20)21)10-9-13-7-5-4-6-8-13/h4-12H,18H2,1-3H3,(H,19,21)/b10-9+. The van der Waals surface area contributed by atoms with Gasteiger partial charge in [0, 0.05) is 6.20 Å². The molecule has 3 N–H and O–H groups in total. The van der Waals surface area contributed by atoms with Gasteiger partial charge in [-0.15, -0.1) is 0 Å². The molecule has 0 saturated carbocycles. The average Bonchev–Trinajstić information content (AvgIpc) is 2.44. The van der Waals surface area contributed by atoms with E-state index in [1.807, 2.05) is 30.3 Å². The lowest BCUT2D eigenvalue weighted by Gasteiger charge is -2.32. The largest absolute Gasteiger partial charge is 0.443 e. The number of amides is 3. The number of ether oxygens (including phenoxy) is 1. The van der Waals surface area contributed by atoms with Gasteiger partial charge in [0.25, 0.3) is 0 Å². The van der Waals surface area contributed by atoms with Crippen molar-refractivity contribution in [3.05, 3.63) is 54.2 Å². The molecule has 6 heteroatoms. The Morgan fingerprint density at radius 1 is 1.30 bits per heavy atom. The molecule has 1 aromatic rings. The van der Waals surface area contributed by atoms with Gasteiger partial charge in [0.1, 0.15) is 11.3 Å². The number of carbonyl (C=O) groups is 2. The third-order valence-corrected chi connectivity index (χ3v) is 2.98. The van der Waals surface area contributed by atoms with E-state index in [9.17, 15) is 9.59 Å². The van der Waals surface area contributed by atoms with Crippen molar-refractivity contribution in [2.45, 2.75) is 32.0 Å². The summed E-state index contributed by atoms with van der Waals surface area (Å²) in [5.74, 6) is 0. The molecule has 1 unspecified atom stereocenters. The Kier molecular flexibility index (Phi) is 4.56. The summed E-state index contributed by atoms with van der Waals surface area (Å²) in [6.07, 6.45) is 5.55. The van der Waals surface area contributed by atoms with Gasteiger partial charge in [-0.1, -0.05) is 36.4 Å². The molecule has 1 aliphatic heterocycles. The van der Waals surface area contributed by atoms with Crippen LogP contribution in [-0.2, 0) is 4.74 Å². The summed E-state index contributed by atoms with van der Waals surface area (Å²) in [6.45, 7) is 5.19. The predicted molar refractivity (Wildman–Crippen MR) is 88.1 cm³/mol. The molecule has 0 fully saturated rings. The van der Waals surface area contributed by atoms with Crippen LogP contribution in [0.5, 0.6) is 0 Å². The number of benzene rings is 1. The maximum absolute atomic E-state index is 12.1. The lowest BCUT2D eigenvalue weighted by molar-refractivity contribution is 0.0378. The second-order valence-electron chi connectivity index (χ2n) is 6.27. The van der Waals surface area contributed by atoms with Crippen LogP contribution in [-0.4, -0.2) is 28.3 Å². The van der Waals surface area contributed by atoms with Crippen LogP contribution in [0.25, 0.3) is 6.08 Å². The van der Waals surface area contributed by atoms with Gasteiger partial charge >= 0.3 is 12.1 Å². The predicted octanol–water partition coefficient (Wildman–Crippen LogP) is 2.83. The van der Waals surface area contributed by atoms with E-state index >= 15 is 0 Å². The summed E-state index contributed by atoms with van der Waals surface area (Å²) < 4.78 is 5.16. The first kappa shape index (κ1) is 16.8. The summed E-state index contributed by atoms with van der Waals surface area (Å²) in [5.41, 5.74) is 5.21. The zero-order valence-corrected chi connectivity index (χ0v) is 13.4. The van der Waals surface area contributed by atoms with Gasteiger partial charge in [0.2, 0.25) is 0 Å². The fourth-order valence-electron chi connectivity index (χ4n) is 1.90. The number of rotatable bonds is 2. The van der Waals surface area contributed by atoms with Gasteiger partial charge in [-0.3, -0.25) is 0 Å². The fraction of sp³-hybridized carbons (Fsp3) is 0.294. The van der Waals surface area contributed by atoms with E-state index in [1.165, 1.54) is 12.3 Å². The summed E-state index contributed by atoms with van der Waals surface area (Å²) in [5, 5.41) is 2.57. The van der Waals surface area contributed by atoms with Gasteiger partial charge in [-0.05, 0) is 38.5 Å². The van der Waals surface area contributed by atoms with Gasteiger partial charge in [-0.2, -0.15) is 0 Å². The van der Waals surface area contributed by atoms with Crippen LogP contribution >= 0.6 is 0 Å². The first-order chi connectivity index (χ1) is 10.7. The van der Waals surface area contributed by atoms with Crippen molar-refractivity contribution in [2.75, 3.05) is 0 Å². The first-order valence-corrected chi connectivity index (χ1v) is 7.25. The lowest BCUT2D eigenvalue weighted by Crippen LogP contribution is -2.60. The topological polar surface area (TPSA) is 84.7 Å². The van der Waals surface area contributed by atoms with E-state index in [4.69, 9.17) is 10.5 Å². The van der Waals surface area contributed by atoms with Crippen LogP contribution in [0.15, 0.2) is 48.7 Å². The van der Waals surface area contributed by atoms with Crippen molar-refractivity contribution in [1.82, 2.24) is 10.2 Å². The Labute approximate surface area is 135 Å². The third-order valence-electron chi connectivity index (χ3n) is 2.98. The molecule has 23 heavy (non-hydrogen) atoms. The molecule has 3 amide bonds. The Bertz CT molecular complexity index is 647. The summed E-state index contributed by atoms with van der Waals surface area (Å²) in [4.78, 5) is 24.9. The molecule has 2 rings (SSSR count). The molecule has 0 radical (unpaired) electrons. The highest BCUT2D eigenvalue weighted by Crippen LogP contribution is 2.16. The highest BCUT2D eigenvalue weighted by molar-refractivity contribution is 5.94. The Morgan fingerprint density at radius 3 is 2.52 bits per heavy atom. The van der Waals surface area contributed by atoms with Crippen molar-refractivity contribution in [3.63, 3.8) is 0 Å². The van der Waals surface area contributed by atoms with E-state index in [0.717, 1.165) is 10.5 Å². The fourth-order valence-corrected chi connectivity index (χ4v) is 1.90. The van der Waals surface area contributed by atoms with Gasteiger partial charge in [-0.25, -0.2) is 14.5 Å². The number of imide groups is 1. The van der Waals surface area contributed by atoms with Crippen molar-refractivity contribution in [2.24, 2.45) is 5.73 Å². The van der Waals surface area contributed by atoms with E-state index in [-0.39, 0.29) is 0 Å². The minimum absolute atomic E-state index is 0.637. The minimum atomic E-state index is -1.16. The average molecular weight is 315 g/mol. The molecule has 0 spiro atoms. The molecule has 1 aliphatic rings. The number of carbonyl (C=O) groups excluding carboxylic acids is 2. The molecule has 122 valence electrons. The van der Waals surface area contributed by atoms with Crippen molar-refractivity contribution in [3.8, 4) is 0 Å². The third kappa shape index (κ3) is 4.69. The maximum atomic E-state index is 12.1. The highest BCUT2D eigenvalue weighted by Gasteiger charge is 2.33. The molecule has 0 aromatic heterocycles. The first-order valence-electron chi connectivity index (χ1n) is 7.25. The zero-order valence-electron chi connectivity index (χ0n) is 13.4. The Balaban J connectivity index is 2.11. The van der Waals surface area contributed by atoms with E-state index in [2.05, 4.69) is 5.32 Å². The van der Waals surface area contributed by atoms with Gasteiger partial charge in [0.15, 0.2) is 0 Å². The smallest absolute Gasteiger partial charge is 0.422 e. The number of nitrogens with two attached hydrogens (primary N) is 1. The quantitative estimate of drug-likeness (QED) is 0.879. The number of nitrogens with one attached hydrogen (secondary N) is 1. The van der Waals surface area contributed by atoms with E-state index in [0.29, 0.717) is 0 Å². The number of nitrogens with zero attached hydrogens (tertiary/aromatic N) is 1. The molecular weight excluding hydrogens is 294 g/mol. The summed E-state index contributed by atoms with van der Waals surface area (Å²) in [7, 11) is 0. The van der Waals surface area contributed by atoms with Crippen molar-refractivity contribution in [1.29, 1.82) is 0 Å². The molecular formula is C17H21N3O3. The second kappa shape index (κ2) is 6.26. The zero-order chi connectivity index (χ0) is 17.1. The number of urea groups is 1. The van der Waals surface area contributed by atoms with Gasteiger partial charge in [0.05, 0.1) is 0 Å². The minimum Gasteiger partial charge on any atom is -0.443 e. The second-order valence-corrected chi connectivity index (χ2v) is 6.27. The number of hydrogen-bond acceptors (Lipinski definition) is 4. The molecule has 1 atom stereocenters. The highest BCUT2D eigenvalue weighted by atomic mass is 16.6. The maximum Gasteiger partial charge on any atom is 0.422 e. The van der Waals surface area contributed by atoms with Crippen LogP contribution in [0.2, 0.25) is 0 Å². The normalized spacial score (nSPS) is 21.4. The van der Waals surface area contributed by atoms with Gasteiger partial charge < -0.3 is 15.8 Å². The summed E-state index contributed by atoms with van der Waals surface area (Å²) in [6, 6.07) is 8.92. The van der Waals surface area contributed by atoms with Crippen molar-refractivity contribution >= 4 is 18.2 Å². The molecule has 6 nitrogen and oxygen atoms in total. The van der Waals surface area contributed by atoms with Crippen LogP contribution < -0.4 is 11.1 Å². The Morgan fingerprint density at radius 2 is 1.96 bits per heavy atom. The molecule has 0 bridgehead atoms. The van der Waals surface area contributed by atoms with Crippen LogP contribution in [0.3, 0.4) is 0 Å². The monoisotopic (exact) mass is 315 g/mol. The van der Waals surface area contributed by atoms with Crippen LogP contribution in [0.1, 0.15) is 26.3 Å². The molecule has 1 heterocycles. The molecule has 0 saturated heterocycles. The molecule has 0 aliphatic carbocycles. The molecule has 1 aromatic carbocycles. The number of hydrogen-bond donors (Lipinski definition) is 2. The summed E-state index contributed by atoms with van der Waals surface area (Å²) >= 11 is 0. The SMILES string of the molecule is CC(C)(C)OC(=O)N1C=CC(N)(/C=C/c2ccccc2)NC1=O. The van der Waals surface area contributed by atoms with E-state index in [1.54, 1.807) is 32.9 Å². The van der Waals surface area contributed by atoms with Crippen LogP contribution in [0, 0.1) is 0 Å².